The van der Waals surface area contributed by atoms with E-state index in [0.29, 0.717) is 11.3 Å². The van der Waals surface area contributed by atoms with Crippen LogP contribution in [-0.2, 0) is 14.3 Å². The Kier molecular flexibility index (Phi) is 5.07. The monoisotopic (exact) mass is 233 g/mol. The highest BCUT2D eigenvalue weighted by molar-refractivity contribution is 6.07. The summed E-state index contributed by atoms with van der Waals surface area (Å²) in [5, 5.41) is 0. The predicted octanol–water partition coefficient (Wildman–Crippen LogP) is 2.01. The summed E-state index contributed by atoms with van der Waals surface area (Å²) >= 11 is 0. The van der Waals surface area contributed by atoms with E-state index in [1.807, 2.05) is 6.07 Å². The highest BCUT2D eigenvalue weighted by Crippen LogP contribution is 2.06. The number of carbonyl (C=O) groups excluding carboxylic acids is 2. The number of ether oxygens (including phenoxy) is 1. The van der Waals surface area contributed by atoms with Crippen LogP contribution in [0.2, 0.25) is 0 Å². The van der Waals surface area contributed by atoms with E-state index in [0.717, 1.165) is 0 Å². The molecular formula is C13H15NO3. The number of esters is 1. The van der Waals surface area contributed by atoms with Crippen molar-refractivity contribution in [2.75, 3.05) is 6.61 Å². The van der Waals surface area contributed by atoms with Crippen LogP contribution in [0.3, 0.4) is 0 Å². The van der Waals surface area contributed by atoms with Crippen LogP contribution in [0.1, 0.15) is 26.0 Å². The van der Waals surface area contributed by atoms with Gasteiger partial charge in [0, 0.05) is 6.20 Å². The van der Waals surface area contributed by atoms with Gasteiger partial charge in [0.25, 0.3) is 0 Å². The minimum Gasteiger partial charge on any atom is -0.466 e. The van der Waals surface area contributed by atoms with Crippen molar-refractivity contribution in [3.63, 3.8) is 0 Å². The van der Waals surface area contributed by atoms with E-state index >= 15 is 0 Å². The Morgan fingerprint density at radius 1 is 1.41 bits per heavy atom. The van der Waals surface area contributed by atoms with Gasteiger partial charge >= 0.3 is 5.97 Å². The van der Waals surface area contributed by atoms with E-state index in [-0.39, 0.29) is 18.8 Å². The minimum atomic E-state index is -0.494. The highest BCUT2D eigenvalue weighted by Gasteiger charge is 2.11. The van der Waals surface area contributed by atoms with Gasteiger partial charge in [-0.25, -0.2) is 0 Å². The summed E-state index contributed by atoms with van der Waals surface area (Å²) in [6, 6.07) is 5.43. The smallest absolute Gasteiger partial charge is 0.313 e. The summed E-state index contributed by atoms with van der Waals surface area (Å²) in [6.07, 6.45) is 3.08. The fraction of sp³-hybridized carbons (Fsp3) is 0.308. The number of ketones is 1. The van der Waals surface area contributed by atoms with Crippen LogP contribution in [0.5, 0.6) is 0 Å². The fourth-order valence-corrected chi connectivity index (χ4v) is 1.25. The molecule has 1 aromatic rings. The Balaban J connectivity index is 2.64. The van der Waals surface area contributed by atoms with Gasteiger partial charge < -0.3 is 4.74 Å². The predicted molar refractivity (Wildman–Crippen MR) is 64.1 cm³/mol. The van der Waals surface area contributed by atoms with Crippen molar-refractivity contribution in [1.29, 1.82) is 0 Å². The zero-order valence-electron chi connectivity index (χ0n) is 9.97. The van der Waals surface area contributed by atoms with Crippen LogP contribution < -0.4 is 0 Å². The first-order valence-electron chi connectivity index (χ1n) is 5.41. The molecule has 0 atom stereocenters. The third-order valence-corrected chi connectivity index (χ3v) is 2.10. The normalized spacial score (nSPS) is 11.1. The molecule has 0 radical (unpaired) electrons. The second kappa shape index (κ2) is 6.58. The highest BCUT2D eigenvalue weighted by atomic mass is 16.5. The fourth-order valence-electron chi connectivity index (χ4n) is 1.25. The van der Waals surface area contributed by atoms with Crippen molar-refractivity contribution in [1.82, 2.24) is 4.98 Å². The van der Waals surface area contributed by atoms with E-state index in [9.17, 15) is 9.59 Å². The van der Waals surface area contributed by atoms with Gasteiger partial charge in [-0.3, -0.25) is 14.6 Å². The van der Waals surface area contributed by atoms with Gasteiger partial charge in [-0.05, 0) is 37.6 Å². The molecule has 17 heavy (non-hydrogen) atoms. The Labute approximate surface area is 100 Å². The number of pyridine rings is 1. The third-order valence-electron chi connectivity index (χ3n) is 2.10. The molecule has 0 aromatic carbocycles. The number of rotatable bonds is 5. The Hall–Kier alpha value is -1.97. The summed E-state index contributed by atoms with van der Waals surface area (Å²) in [4.78, 5) is 26.8. The van der Waals surface area contributed by atoms with Crippen LogP contribution in [0, 0.1) is 0 Å². The molecule has 4 heteroatoms. The van der Waals surface area contributed by atoms with Crippen LogP contribution in [0.25, 0.3) is 6.08 Å². The summed E-state index contributed by atoms with van der Waals surface area (Å²) < 4.78 is 4.71. The summed E-state index contributed by atoms with van der Waals surface area (Å²) in [5.41, 5.74) is 1.19. The van der Waals surface area contributed by atoms with Crippen LogP contribution in [-0.4, -0.2) is 23.3 Å². The molecule has 90 valence electrons. The van der Waals surface area contributed by atoms with Crippen molar-refractivity contribution in [3.05, 3.63) is 35.7 Å². The average Bonchev–Trinajstić information content (AvgIpc) is 2.30. The number of aromatic nitrogens is 1. The lowest BCUT2D eigenvalue weighted by Gasteiger charge is -2.01. The van der Waals surface area contributed by atoms with Gasteiger partial charge in [-0.15, -0.1) is 0 Å². The minimum absolute atomic E-state index is 0.219. The number of nitrogens with zero attached hydrogens (tertiary/aromatic N) is 1. The molecule has 1 aromatic heterocycles. The first-order valence-corrected chi connectivity index (χ1v) is 5.41. The molecular weight excluding hydrogens is 218 g/mol. The van der Waals surface area contributed by atoms with Crippen LogP contribution in [0.4, 0.5) is 0 Å². The van der Waals surface area contributed by atoms with Gasteiger partial charge in [0.15, 0.2) is 5.78 Å². The maximum atomic E-state index is 11.6. The van der Waals surface area contributed by atoms with Crippen molar-refractivity contribution >= 4 is 17.8 Å². The van der Waals surface area contributed by atoms with Gasteiger partial charge in [0.1, 0.15) is 6.42 Å². The number of hydrogen-bond donors (Lipinski definition) is 0. The van der Waals surface area contributed by atoms with E-state index < -0.39 is 5.97 Å². The number of Topliss-reactive ketones (excluding diaryl/α,β-unsaturated/α-hetero) is 1. The number of carbonyl (C=O) groups is 2. The SMILES string of the molecule is CCOC(=O)CC(=O)/C(C)=C\c1ccccn1. The Morgan fingerprint density at radius 2 is 2.18 bits per heavy atom. The molecule has 0 saturated carbocycles. The first-order chi connectivity index (χ1) is 8.13. The van der Waals surface area contributed by atoms with Crippen molar-refractivity contribution in [3.8, 4) is 0 Å². The van der Waals surface area contributed by atoms with Crippen molar-refractivity contribution < 1.29 is 14.3 Å². The van der Waals surface area contributed by atoms with Gasteiger partial charge in [-0.1, -0.05) is 6.07 Å². The standard InChI is InChI=1S/C13H15NO3/c1-3-17-13(16)9-12(15)10(2)8-11-6-4-5-7-14-11/h4-8H,3,9H2,1-2H3/b10-8-. The lowest BCUT2D eigenvalue weighted by atomic mass is 10.1. The number of hydrogen-bond acceptors (Lipinski definition) is 4. The number of allylic oxidation sites excluding steroid dienone is 1. The molecule has 0 spiro atoms. The van der Waals surface area contributed by atoms with Crippen molar-refractivity contribution in [2.45, 2.75) is 20.3 Å². The molecule has 0 fully saturated rings. The second-order valence-corrected chi connectivity index (χ2v) is 3.49. The molecule has 0 aliphatic rings. The molecule has 0 aliphatic carbocycles. The molecule has 1 rings (SSSR count). The maximum absolute atomic E-state index is 11.6. The van der Waals surface area contributed by atoms with Gasteiger partial charge in [-0.2, -0.15) is 0 Å². The van der Waals surface area contributed by atoms with E-state index in [2.05, 4.69) is 4.98 Å². The summed E-state index contributed by atoms with van der Waals surface area (Å²) in [6.45, 7) is 3.66. The molecule has 0 unspecified atom stereocenters. The third kappa shape index (κ3) is 4.59. The van der Waals surface area contributed by atoms with Crippen LogP contribution in [0.15, 0.2) is 30.0 Å². The molecule has 0 amide bonds. The molecule has 0 aliphatic heterocycles. The van der Waals surface area contributed by atoms with E-state index in [1.54, 1.807) is 38.3 Å². The largest absolute Gasteiger partial charge is 0.466 e. The molecule has 0 bridgehead atoms. The molecule has 4 nitrogen and oxygen atoms in total. The lowest BCUT2D eigenvalue weighted by Crippen LogP contribution is -2.11. The van der Waals surface area contributed by atoms with Crippen molar-refractivity contribution in [2.24, 2.45) is 0 Å². The maximum Gasteiger partial charge on any atom is 0.313 e. The Morgan fingerprint density at radius 3 is 2.76 bits per heavy atom. The molecule has 0 N–H and O–H groups in total. The van der Waals surface area contributed by atoms with Gasteiger partial charge in [0.2, 0.25) is 0 Å². The zero-order valence-corrected chi connectivity index (χ0v) is 9.97. The molecule has 1 heterocycles. The Bertz CT molecular complexity index is 424. The quantitative estimate of drug-likeness (QED) is 0.443. The van der Waals surface area contributed by atoms with Gasteiger partial charge in [0.05, 0.1) is 12.3 Å². The summed E-state index contributed by atoms with van der Waals surface area (Å²) in [5.74, 6) is -0.736. The van der Waals surface area contributed by atoms with E-state index in [1.165, 1.54) is 0 Å². The second-order valence-electron chi connectivity index (χ2n) is 3.49. The molecule has 0 saturated heterocycles. The van der Waals surface area contributed by atoms with E-state index in [4.69, 9.17) is 4.74 Å². The topological polar surface area (TPSA) is 56.3 Å². The summed E-state index contributed by atoms with van der Waals surface area (Å²) in [7, 11) is 0. The lowest BCUT2D eigenvalue weighted by molar-refractivity contribution is -0.144. The van der Waals surface area contributed by atoms with Crippen LogP contribution >= 0.6 is 0 Å². The average molecular weight is 233 g/mol. The first kappa shape index (κ1) is 13.1. The zero-order chi connectivity index (χ0) is 12.7.